The normalized spacial score (nSPS) is 10.8. The molecule has 0 spiro atoms. The highest BCUT2D eigenvalue weighted by Gasteiger charge is 2.12. The summed E-state index contributed by atoms with van der Waals surface area (Å²) >= 11 is 6.09. The molecule has 5 nitrogen and oxygen atoms in total. The van der Waals surface area contributed by atoms with Gasteiger partial charge in [0.15, 0.2) is 0 Å². The standard InChI is InChI=1S/C20H15ClN4O/c21-16-5-1-4-14(9-16)19-17-10-15(6-7-18(17)24-25-19)20(26)23-12-13-3-2-8-22-11-13/h1-11H,12H2,(H,23,26)(H,24,25). The summed E-state index contributed by atoms with van der Waals surface area (Å²) in [5.74, 6) is -0.144. The third-order valence-electron chi connectivity index (χ3n) is 4.10. The number of rotatable bonds is 4. The molecule has 128 valence electrons. The maximum absolute atomic E-state index is 12.5. The molecule has 26 heavy (non-hydrogen) atoms. The zero-order valence-electron chi connectivity index (χ0n) is 13.7. The second kappa shape index (κ2) is 6.98. The van der Waals surface area contributed by atoms with Crippen LogP contribution in [-0.4, -0.2) is 21.1 Å². The number of carbonyl (C=O) groups excluding carboxylic acids is 1. The van der Waals surface area contributed by atoms with Gasteiger partial charge in [-0.15, -0.1) is 0 Å². The maximum Gasteiger partial charge on any atom is 0.251 e. The summed E-state index contributed by atoms with van der Waals surface area (Å²) in [7, 11) is 0. The number of hydrogen-bond acceptors (Lipinski definition) is 3. The Labute approximate surface area is 155 Å². The lowest BCUT2D eigenvalue weighted by Gasteiger charge is -2.06. The number of benzene rings is 2. The largest absolute Gasteiger partial charge is 0.348 e. The van der Waals surface area contributed by atoms with Gasteiger partial charge in [0.05, 0.1) is 11.2 Å². The van der Waals surface area contributed by atoms with E-state index in [4.69, 9.17) is 11.6 Å². The van der Waals surface area contributed by atoms with Crippen LogP contribution in [0.25, 0.3) is 22.2 Å². The summed E-state index contributed by atoms with van der Waals surface area (Å²) in [6.07, 6.45) is 3.44. The van der Waals surface area contributed by atoms with E-state index in [1.807, 2.05) is 48.5 Å². The number of carbonyl (C=O) groups is 1. The molecule has 6 heteroatoms. The summed E-state index contributed by atoms with van der Waals surface area (Å²) < 4.78 is 0. The van der Waals surface area contributed by atoms with E-state index in [1.54, 1.807) is 18.5 Å². The fourth-order valence-corrected chi connectivity index (χ4v) is 2.99. The van der Waals surface area contributed by atoms with Crippen molar-refractivity contribution in [1.82, 2.24) is 20.5 Å². The van der Waals surface area contributed by atoms with Crippen LogP contribution in [0.5, 0.6) is 0 Å². The molecule has 0 aliphatic heterocycles. The molecule has 0 saturated carbocycles. The fraction of sp³-hybridized carbons (Fsp3) is 0.0500. The van der Waals surface area contributed by atoms with Crippen molar-refractivity contribution < 1.29 is 4.79 Å². The van der Waals surface area contributed by atoms with E-state index >= 15 is 0 Å². The summed E-state index contributed by atoms with van der Waals surface area (Å²) in [4.78, 5) is 16.5. The van der Waals surface area contributed by atoms with Crippen LogP contribution in [0.4, 0.5) is 0 Å². The Morgan fingerprint density at radius 3 is 2.85 bits per heavy atom. The molecule has 0 saturated heterocycles. The molecule has 1 amide bonds. The first-order valence-electron chi connectivity index (χ1n) is 8.12. The average molecular weight is 363 g/mol. The van der Waals surface area contributed by atoms with E-state index in [2.05, 4.69) is 20.5 Å². The Balaban J connectivity index is 1.62. The van der Waals surface area contributed by atoms with Crippen LogP contribution in [0.3, 0.4) is 0 Å². The van der Waals surface area contributed by atoms with Crippen LogP contribution in [0.1, 0.15) is 15.9 Å². The number of amides is 1. The highest BCUT2D eigenvalue weighted by molar-refractivity contribution is 6.30. The van der Waals surface area contributed by atoms with Crippen LogP contribution in [0.15, 0.2) is 67.0 Å². The van der Waals surface area contributed by atoms with Gasteiger partial charge in [0.25, 0.3) is 5.91 Å². The fourth-order valence-electron chi connectivity index (χ4n) is 2.80. The number of pyridine rings is 1. The molecule has 2 aromatic heterocycles. The lowest BCUT2D eigenvalue weighted by atomic mass is 10.1. The van der Waals surface area contributed by atoms with Gasteiger partial charge in [0, 0.05) is 40.5 Å². The summed E-state index contributed by atoms with van der Waals surface area (Å²) in [6, 6.07) is 16.7. The zero-order chi connectivity index (χ0) is 17.9. The topological polar surface area (TPSA) is 70.7 Å². The highest BCUT2D eigenvalue weighted by Crippen LogP contribution is 2.28. The minimum Gasteiger partial charge on any atom is -0.348 e. The Hall–Kier alpha value is -3.18. The van der Waals surface area contributed by atoms with Crippen molar-refractivity contribution in [2.24, 2.45) is 0 Å². The van der Waals surface area contributed by atoms with Crippen molar-refractivity contribution in [3.63, 3.8) is 0 Å². The van der Waals surface area contributed by atoms with Crippen molar-refractivity contribution in [2.45, 2.75) is 6.54 Å². The lowest BCUT2D eigenvalue weighted by Crippen LogP contribution is -2.22. The predicted octanol–water partition coefficient (Wildman–Crippen LogP) is 4.21. The molecule has 2 N–H and O–H groups in total. The molecule has 2 aromatic carbocycles. The molecule has 0 radical (unpaired) electrons. The zero-order valence-corrected chi connectivity index (χ0v) is 14.5. The Morgan fingerprint density at radius 1 is 1.12 bits per heavy atom. The van der Waals surface area contributed by atoms with Crippen molar-refractivity contribution >= 4 is 28.4 Å². The van der Waals surface area contributed by atoms with Crippen LogP contribution < -0.4 is 5.32 Å². The first kappa shape index (κ1) is 16.3. The molecular weight excluding hydrogens is 348 g/mol. The van der Waals surface area contributed by atoms with Crippen LogP contribution >= 0.6 is 11.6 Å². The Kier molecular flexibility index (Phi) is 4.37. The molecule has 2 heterocycles. The van der Waals surface area contributed by atoms with E-state index in [-0.39, 0.29) is 5.91 Å². The van der Waals surface area contributed by atoms with Crippen LogP contribution in [-0.2, 0) is 6.54 Å². The third-order valence-corrected chi connectivity index (χ3v) is 4.33. The van der Waals surface area contributed by atoms with Gasteiger partial charge in [-0.05, 0) is 42.0 Å². The van der Waals surface area contributed by atoms with E-state index in [9.17, 15) is 4.79 Å². The maximum atomic E-state index is 12.5. The van der Waals surface area contributed by atoms with Gasteiger partial charge >= 0.3 is 0 Å². The molecule has 4 rings (SSSR count). The smallest absolute Gasteiger partial charge is 0.251 e. The second-order valence-electron chi connectivity index (χ2n) is 5.89. The molecular formula is C20H15ClN4O. The monoisotopic (exact) mass is 362 g/mol. The SMILES string of the molecule is O=C(NCc1cccnc1)c1ccc2[nH]nc(-c3cccc(Cl)c3)c2c1. The molecule has 0 fully saturated rings. The van der Waals surface area contributed by atoms with Gasteiger partial charge in [-0.2, -0.15) is 5.10 Å². The first-order chi connectivity index (χ1) is 12.7. The number of fused-ring (bicyclic) bond motifs is 1. The van der Waals surface area contributed by atoms with Gasteiger partial charge in [0.2, 0.25) is 0 Å². The first-order valence-corrected chi connectivity index (χ1v) is 8.50. The number of nitrogens with zero attached hydrogens (tertiary/aromatic N) is 2. The number of aromatic amines is 1. The highest BCUT2D eigenvalue weighted by atomic mass is 35.5. The number of aromatic nitrogens is 3. The molecule has 0 atom stereocenters. The van der Waals surface area contributed by atoms with E-state index in [1.165, 1.54) is 0 Å². The molecule has 0 aliphatic rings. The van der Waals surface area contributed by atoms with E-state index in [0.29, 0.717) is 17.1 Å². The number of halogens is 1. The number of hydrogen-bond donors (Lipinski definition) is 2. The summed E-state index contributed by atoms with van der Waals surface area (Å²) in [5.41, 5.74) is 4.06. The average Bonchev–Trinajstić information content (AvgIpc) is 3.10. The second-order valence-corrected chi connectivity index (χ2v) is 6.32. The third kappa shape index (κ3) is 3.30. The number of nitrogens with one attached hydrogen (secondary N) is 2. The molecule has 4 aromatic rings. The van der Waals surface area contributed by atoms with Gasteiger partial charge < -0.3 is 5.32 Å². The minimum absolute atomic E-state index is 0.144. The summed E-state index contributed by atoms with van der Waals surface area (Å²) in [6.45, 7) is 0.428. The minimum atomic E-state index is -0.144. The molecule has 0 bridgehead atoms. The van der Waals surface area contributed by atoms with Crippen molar-refractivity contribution in [1.29, 1.82) is 0 Å². The van der Waals surface area contributed by atoms with Gasteiger partial charge in [-0.3, -0.25) is 14.9 Å². The van der Waals surface area contributed by atoms with Crippen LogP contribution in [0.2, 0.25) is 5.02 Å². The quantitative estimate of drug-likeness (QED) is 0.571. The lowest BCUT2D eigenvalue weighted by molar-refractivity contribution is 0.0951. The van der Waals surface area contributed by atoms with E-state index in [0.717, 1.165) is 27.7 Å². The van der Waals surface area contributed by atoms with E-state index < -0.39 is 0 Å². The Morgan fingerprint density at radius 2 is 2.04 bits per heavy atom. The predicted molar refractivity (Wildman–Crippen MR) is 102 cm³/mol. The summed E-state index contributed by atoms with van der Waals surface area (Å²) in [5, 5.41) is 11.8. The van der Waals surface area contributed by atoms with Crippen molar-refractivity contribution in [3.8, 4) is 11.3 Å². The molecule has 0 aliphatic carbocycles. The van der Waals surface area contributed by atoms with Gasteiger partial charge in [-0.1, -0.05) is 29.8 Å². The Bertz CT molecular complexity index is 1080. The van der Waals surface area contributed by atoms with Crippen molar-refractivity contribution in [3.05, 3.63) is 83.1 Å². The molecule has 0 unspecified atom stereocenters. The van der Waals surface area contributed by atoms with Gasteiger partial charge in [0.1, 0.15) is 0 Å². The number of H-pyrrole nitrogens is 1. The van der Waals surface area contributed by atoms with Crippen LogP contribution in [0, 0.1) is 0 Å². The van der Waals surface area contributed by atoms with Gasteiger partial charge in [-0.25, -0.2) is 0 Å². The van der Waals surface area contributed by atoms with Crippen molar-refractivity contribution in [2.75, 3.05) is 0 Å².